The number of nitrogens with one attached hydrogen (secondary N) is 2. The second kappa shape index (κ2) is 16.6. The largest absolute Gasteiger partial charge is 0.444 e. The van der Waals surface area contributed by atoms with E-state index in [9.17, 15) is 28.7 Å². The predicted molar refractivity (Wildman–Crippen MR) is 183 cm³/mol. The fourth-order valence-corrected chi connectivity index (χ4v) is 7.00. The van der Waals surface area contributed by atoms with E-state index in [2.05, 4.69) is 10.6 Å². The molecule has 2 fully saturated rings. The second-order valence-electron chi connectivity index (χ2n) is 13.2. The molecular weight excluding hydrogens is 678 g/mol. The zero-order valence-corrected chi connectivity index (χ0v) is 28.8. The van der Waals surface area contributed by atoms with Gasteiger partial charge in [-0.1, -0.05) is 30.3 Å². The van der Waals surface area contributed by atoms with Crippen LogP contribution in [0.25, 0.3) is 11.3 Å². The van der Waals surface area contributed by atoms with E-state index in [1.54, 1.807) is 11.1 Å². The van der Waals surface area contributed by atoms with Crippen molar-refractivity contribution in [2.45, 2.75) is 44.6 Å². The first-order valence-electron chi connectivity index (χ1n) is 17.4. The number of aliphatic hydroxyl groups is 1. The maximum Gasteiger partial charge on any atom is 0.407 e. The van der Waals surface area contributed by atoms with Crippen LogP contribution in [0.15, 0.2) is 66.9 Å². The molecule has 2 aromatic carbocycles. The Kier molecular flexibility index (Phi) is 11.7. The van der Waals surface area contributed by atoms with Gasteiger partial charge in [-0.25, -0.2) is 18.6 Å². The zero-order valence-electron chi connectivity index (χ0n) is 28.8. The standard InChI is InChI=1S/C37H42F2N6O7/c1-23(46)36(49)45(21-26-18-40-19-31(26)52-37(50)41-13-14-44-32(47)9-10-33(44)48)34(25-11-15-51-16-12-25)35-42-30(28-17-27(38)7-8-29(28)39)22-43(35)20-24-5-3-2-4-6-24/h2-10,17,22-23,25-26,31,34,40,46H,11-16,18-21H2,1H3,(H,41,50). The highest BCUT2D eigenvalue weighted by Gasteiger charge is 2.42. The van der Waals surface area contributed by atoms with E-state index in [0.29, 0.717) is 51.5 Å². The van der Waals surface area contributed by atoms with Gasteiger partial charge in [0, 0.05) is 82.3 Å². The lowest BCUT2D eigenvalue weighted by Crippen LogP contribution is -2.49. The van der Waals surface area contributed by atoms with Gasteiger partial charge < -0.3 is 34.7 Å². The molecule has 4 atom stereocenters. The third-order valence-electron chi connectivity index (χ3n) is 9.63. The number of rotatable bonds is 13. The molecule has 15 heteroatoms. The van der Waals surface area contributed by atoms with Crippen LogP contribution >= 0.6 is 0 Å². The molecule has 4 unspecified atom stereocenters. The topological polar surface area (TPSA) is 155 Å². The van der Waals surface area contributed by atoms with Crippen LogP contribution in [0.5, 0.6) is 0 Å². The first-order chi connectivity index (χ1) is 25.1. The molecule has 3 aromatic rings. The summed E-state index contributed by atoms with van der Waals surface area (Å²) in [5, 5.41) is 16.6. The van der Waals surface area contributed by atoms with Crippen molar-refractivity contribution in [2.75, 3.05) is 45.9 Å². The van der Waals surface area contributed by atoms with Gasteiger partial charge >= 0.3 is 6.09 Å². The lowest BCUT2D eigenvalue weighted by Gasteiger charge is -2.40. The highest BCUT2D eigenvalue weighted by Crippen LogP contribution is 2.38. The number of imide groups is 1. The number of imidazole rings is 1. The molecule has 3 N–H and O–H groups in total. The predicted octanol–water partition coefficient (Wildman–Crippen LogP) is 2.79. The van der Waals surface area contributed by atoms with Crippen LogP contribution in [0.2, 0.25) is 0 Å². The number of hydrogen-bond donors (Lipinski definition) is 3. The summed E-state index contributed by atoms with van der Waals surface area (Å²) in [5.74, 6) is -2.90. The Balaban J connectivity index is 1.31. The number of hydrogen-bond acceptors (Lipinski definition) is 9. The Morgan fingerprint density at radius 1 is 1.10 bits per heavy atom. The van der Waals surface area contributed by atoms with Crippen LogP contribution in [-0.4, -0.2) is 106 Å². The van der Waals surface area contributed by atoms with Crippen LogP contribution < -0.4 is 10.6 Å². The molecule has 2 saturated heterocycles. The Morgan fingerprint density at radius 3 is 2.54 bits per heavy atom. The maximum atomic E-state index is 15.2. The van der Waals surface area contributed by atoms with Gasteiger partial charge in [-0.3, -0.25) is 19.3 Å². The molecule has 1 aromatic heterocycles. The van der Waals surface area contributed by atoms with E-state index < -0.39 is 59.6 Å². The molecule has 4 amide bonds. The molecule has 0 spiro atoms. The van der Waals surface area contributed by atoms with Crippen molar-refractivity contribution in [3.05, 3.63) is 89.9 Å². The molecule has 3 aliphatic heterocycles. The van der Waals surface area contributed by atoms with Crippen molar-refractivity contribution in [1.82, 2.24) is 30.0 Å². The van der Waals surface area contributed by atoms with Crippen molar-refractivity contribution < 1.29 is 42.5 Å². The summed E-state index contributed by atoms with van der Waals surface area (Å²) < 4.78 is 42.9. The van der Waals surface area contributed by atoms with E-state index in [1.807, 2.05) is 34.9 Å². The number of benzene rings is 2. The van der Waals surface area contributed by atoms with E-state index in [-0.39, 0.29) is 36.8 Å². The third-order valence-corrected chi connectivity index (χ3v) is 9.63. The minimum absolute atomic E-state index is 0.0143. The molecule has 0 bridgehead atoms. The minimum atomic E-state index is -1.39. The Hall–Kier alpha value is -4.99. The highest BCUT2D eigenvalue weighted by molar-refractivity contribution is 6.12. The van der Waals surface area contributed by atoms with Gasteiger partial charge in [0.15, 0.2) is 0 Å². The normalized spacial score (nSPS) is 20.3. The fraction of sp³-hybridized carbons (Fsp3) is 0.432. The number of alkyl carbamates (subject to hydrolysis) is 1. The number of carbonyl (C=O) groups excluding carboxylic acids is 4. The molecule has 0 aliphatic carbocycles. The molecule has 6 rings (SSSR count). The summed E-state index contributed by atoms with van der Waals surface area (Å²) in [5.41, 5.74) is 1.08. The van der Waals surface area contributed by atoms with Crippen molar-refractivity contribution in [3.63, 3.8) is 0 Å². The number of ether oxygens (including phenoxy) is 2. The average molecular weight is 721 g/mol. The third kappa shape index (κ3) is 8.54. The van der Waals surface area contributed by atoms with E-state index >= 15 is 4.39 Å². The van der Waals surface area contributed by atoms with Gasteiger partial charge in [0.25, 0.3) is 17.7 Å². The number of nitrogens with zero attached hydrogens (tertiary/aromatic N) is 4. The second-order valence-corrected chi connectivity index (χ2v) is 13.2. The monoisotopic (exact) mass is 720 g/mol. The van der Waals surface area contributed by atoms with Crippen LogP contribution in [0.4, 0.5) is 13.6 Å². The summed E-state index contributed by atoms with van der Waals surface area (Å²) in [6.45, 7) is 3.30. The van der Waals surface area contributed by atoms with Crippen molar-refractivity contribution in [1.29, 1.82) is 0 Å². The quantitative estimate of drug-likeness (QED) is 0.226. The molecule has 276 valence electrons. The zero-order chi connectivity index (χ0) is 36.8. The van der Waals surface area contributed by atoms with Gasteiger partial charge in [0.1, 0.15) is 29.7 Å². The van der Waals surface area contributed by atoms with Crippen LogP contribution in [0.3, 0.4) is 0 Å². The van der Waals surface area contributed by atoms with Gasteiger partial charge in [0.2, 0.25) is 0 Å². The van der Waals surface area contributed by atoms with Crippen LogP contribution in [0, 0.1) is 23.5 Å². The van der Waals surface area contributed by atoms with E-state index in [0.717, 1.165) is 40.8 Å². The summed E-state index contributed by atoms with van der Waals surface area (Å²) >= 11 is 0. The number of aromatic nitrogens is 2. The lowest BCUT2D eigenvalue weighted by molar-refractivity contribution is -0.146. The Bertz CT molecular complexity index is 1780. The molecule has 4 heterocycles. The average Bonchev–Trinajstić information content (AvgIpc) is 3.84. The summed E-state index contributed by atoms with van der Waals surface area (Å²) in [7, 11) is 0. The SMILES string of the molecule is CC(O)C(=O)N(CC1CNCC1OC(=O)NCCN1C(=O)C=CC1=O)C(c1nc(-c2cc(F)ccc2F)cn1Cc1ccccc1)C1CCOCC1. The highest BCUT2D eigenvalue weighted by atomic mass is 19.1. The van der Waals surface area contributed by atoms with Gasteiger partial charge in [-0.2, -0.15) is 0 Å². The Labute approximate surface area is 299 Å². The number of aliphatic hydroxyl groups excluding tert-OH is 1. The number of amides is 4. The molecule has 52 heavy (non-hydrogen) atoms. The van der Waals surface area contributed by atoms with E-state index in [4.69, 9.17) is 14.5 Å². The molecule has 13 nitrogen and oxygen atoms in total. The molecular formula is C37H42F2N6O7. The lowest BCUT2D eigenvalue weighted by atomic mass is 9.88. The number of carbonyl (C=O) groups is 4. The summed E-state index contributed by atoms with van der Waals surface area (Å²) in [4.78, 5) is 58.1. The Morgan fingerprint density at radius 2 is 1.83 bits per heavy atom. The van der Waals surface area contributed by atoms with Crippen molar-refractivity contribution in [2.24, 2.45) is 11.8 Å². The minimum Gasteiger partial charge on any atom is -0.444 e. The molecule has 3 aliphatic rings. The first kappa shape index (κ1) is 36.8. The number of halogens is 2. The van der Waals surface area contributed by atoms with Gasteiger partial charge in [0.05, 0.1) is 11.7 Å². The smallest absolute Gasteiger partial charge is 0.407 e. The molecule has 0 radical (unpaired) electrons. The van der Waals surface area contributed by atoms with Crippen molar-refractivity contribution in [3.8, 4) is 11.3 Å². The maximum absolute atomic E-state index is 15.2. The van der Waals surface area contributed by atoms with Crippen molar-refractivity contribution >= 4 is 23.8 Å². The van der Waals surface area contributed by atoms with Crippen LogP contribution in [0.1, 0.15) is 37.2 Å². The fourth-order valence-electron chi connectivity index (χ4n) is 7.00. The molecule has 0 saturated carbocycles. The summed E-state index contributed by atoms with van der Waals surface area (Å²) in [6, 6.07) is 12.0. The van der Waals surface area contributed by atoms with Gasteiger partial charge in [-0.15, -0.1) is 0 Å². The summed E-state index contributed by atoms with van der Waals surface area (Å²) in [6.07, 6.45) is 2.32. The first-order valence-corrected chi connectivity index (χ1v) is 17.4. The van der Waals surface area contributed by atoms with Gasteiger partial charge in [-0.05, 0) is 49.4 Å². The van der Waals surface area contributed by atoms with Crippen LogP contribution in [-0.2, 0) is 30.4 Å². The van der Waals surface area contributed by atoms with E-state index in [1.165, 1.54) is 6.92 Å².